The number of fused-ring (bicyclic) bond motifs is 1. The third-order valence-corrected chi connectivity index (χ3v) is 7.74. The lowest BCUT2D eigenvalue weighted by molar-refractivity contribution is -0.143. The molecule has 146 valence electrons. The molecular weight excluding hydrogens is 439 g/mol. The maximum absolute atomic E-state index is 12.0. The van der Waals surface area contributed by atoms with Crippen LogP contribution < -0.4 is 4.90 Å². The standard InChI is InChI=1S/C15H14Cl2N2O6S2/c16-8-2-1-3-9(17)14(8)19-10-6-27(23,24)7-11(10)26-15(19)18-12(20)4-25-5-13(21)22/h1-3,10-11H,4-7H2,(H,21,22)/t10-,11+/m1/s1. The van der Waals surface area contributed by atoms with Crippen molar-refractivity contribution in [1.82, 2.24) is 0 Å². The van der Waals surface area contributed by atoms with Crippen molar-refractivity contribution in [2.24, 2.45) is 4.99 Å². The number of nitrogens with zero attached hydrogens (tertiary/aromatic N) is 2. The second-order valence-electron chi connectivity index (χ2n) is 5.92. The van der Waals surface area contributed by atoms with E-state index < -0.39 is 41.0 Å². The second-order valence-corrected chi connectivity index (χ2v) is 10.1. The third kappa shape index (κ3) is 4.57. The zero-order valence-electron chi connectivity index (χ0n) is 13.7. The van der Waals surface area contributed by atoms with Crippen LogP contribution in [0.3, 0.4) is 0 Å². The molecule has 12 heteroatoms. The van der Waals surface area contributed by atoms with Crippen molar-refractivity contribution < 1.29 is 27.9 Å². The first-order valence-corrected chi connectivity index (χ1v) is 11.1. The molecule has 0 aliphatic carbocycles. The van der Waals surface area contributed by atoms with Crippen molar-refractivity contribution in [3.8, 4) is 0 Å². The summed E-state index contributed by atoms with van der Waals surface area (Å²) in [6, 6.07) is 4.42. The highest BCUT2D eigenvalue weighted by atomic mass is 35.5. The Labute approximate surface area is 169 Å². The van der Waals surface area contributed by atoms with Gasteiger partial charge in [0, 0.05) is 5.25 Å². The molecule has 1 aromatic carbocycles. The van der Waals surface area contributed by atoms with E-state index in [9.17, 15) is 18.0 Å². The van der Waals surface area contributed by atoms with E-state index >= 15 is 0 Å². The molecule has 3 rings (SSSR count). The number of para-hydroxylation sites is 1. The van der Waals surface area contributed by atoms with Gasteiger partial charge >= 0.3 is 5.97 Å². The predicted molar refractivity (Wildman–Crippen MR) is 104 cm³/mol. The summed E-state index contributed by atoms with van der Waals surface area (Å²) in [6.45, 7) is -1.12. The van der Waals surface area contributed by atoms with Gasteiger partial charge in [-0.15, -0.1) is 0 Å². The van der Waals surface area contributed by atoms with Crippen LogP contribution in [-0.4, -0.2) is 66.6 Å². The van der Waals surface area contributed by atoms with Crippen molar-refractivity contribution in [3.63, 3.8) is 0 Å². The van der Waals surface area contributed by atoms with E-state index in [2.05, 4.69) is 4.99 Å². The van der Waals surface area contributed by atoms with Gasteiger partial charge in [0.25, 0.3) is 5.91 Å². The third-order valence-electron chi connectivity index (χ3n) is 3.92. The summed E-state index contributed by atoms with van der Waals surface area (Å²) in [4.78, 5) is 28.1. The lowest BCUT2D eigenvalue weighted by Crippen LogP contribution is -2.38. The number of carbonyl (C=O) groups excluding carboxylic acids is 1. The van der Waals surface area contributed by atoms with E-state index in [-0.39, 0.29) is 21.9 Å². The van der Waals surface area contributed by atoms with Gasteiger partial charge in [-0.05, 0) is 12.1 Å². The smallest absolute Gasteiger partial charge is 0.329 e. The Bertz CT molecular complexity index is 901. The second kappa shape index (κ2) is 7.96. The maximum atomic E-state index is 12.0. The Morgan fingerprint density at radius 2 is 1.93 bits per heavy atom. The van der Waals surface area contributed by atoms with E-state index in [1.165, 1.54) is 0 Å². The summed E-state index contributed by atoms with van der Waals surface area (Å²) in [5.41, 5.74) is 0.385. The van der Waals surface area contributed by atoms with Gasteiger partial charge in [0.2, 0.25) is 0 Å². The van der Waals surface area contributed by atoms with Gasteiger partial charge in [0.05, 0.1) is 33.3 Å². The van der Waals surface area contributed by atoms with Gasteiger partial charge in [-0.3, -0.25) is 4.79 Å². The Morgan fingerprint density at radius 3 is 2.56 bits per heavy atom. The predicted octanol–water partition coefficient (Wildman–Crippen LogP) is 1.70. The highest BCUT2D eigenvalue weighted by Gasteiger charge is 2.50. The molecule has 1 N–H and O–H groups in total. The Balaban J connectivity index is 1.92. The van der Waals surface area contributed by atoms with Crippen molar-refractivity contribution >= 4 is 67.5 Å². The fourth-order valence-corrected chi connectivity index (χ4v) is 7.41. The number of amidine groups is 1. The minimum Gasteiger partial charge on any atom is -0.480 e. The average Bonchev–Trinajstić information content (AvgIpc) is 2.99. The lowest BCUT2D eigenvalue weighted by Gasteiger charge is -2.26. The lowest BCUT2D eigenvalue weighted by atomic mass is 10.2. The Morgan fingerprint density at radius 1 is 1.26 bits per heavy atom. The molecule has 0 radical (unpaired) electrons. The summed E-state index contributed by atoms with van der Waals surface area (Å²) in [5.74, 6) is -2.02. The minimum absolute atomic E-state index is 0.0381. The van der Waals surface area contributed by atoms with Gasteiger partial charge in [-0.1, -0.05) is 41.0 Å². The van der Waals surface area contributed by atoms with Crippen LogP contribution in [0.4, 0.5) is 5.69 Å². The number of sulfone groups is 1. The first kappa shape index (κ1) is 20.4. The monoisotopic (exact) mass is 452 g/mol. The first-order valence-electron chi connectivity index (χ1n) is 7.69. The van der Waals surface area contributed by atoms with Crippen LogP contribution in [0, 0.1) is 0 Å². The van der Waals surface area contributed by atoms with Crippen LogP contribution in [0.1, 0.15) is 0 Å². The fraction of sp³-hybridized carbons (Fsp3) is 0.400. The molecule has 0 aromatic heterocycles. The molecule has 2 atom stereocenters. The normalized spacial score (nSPS) is 25.0. The van der Waals surface area contributed by atoms with Gasteiger partial charge in [-0.25, -0.2) is 13.2 Å². The zero-order valence-corrected chi connectivity index (χ0v) is 16.8. The Hall–Kier alpha value is -1.33. The van der Waals surface area contributed by atoms with Crippen LogP contribution in [0.25, 0.3) is 0 Å². The molecule has 0 saturated carbocycles. The number of aliphatic imine (C=N–C) groups is 1. The van der Waals surface area contributed by atoms with Gasteiger partial charge in [0.1, 0.15) is 13.2 Å². The summed E-state index contributed by atoms with van der Waals surface area (Å²) in [7, 11) is -3.23. The van der Waals surface area contributed by atoms with Crippen LogP contribution in [0.2, 0.25) is 10.0 Å². The number of hydrogen-bond acceptors (Lipinski definition) is 6. The molecule has 1 aromatic rings. The highest BCUT2D eigenvalue weighted by molar-refractivity contribution is 8.16. The average molecular weight is 453 g/mol. The number of amides is 1. The number of carboxylic acid groups (broad SMARTS) is 1. The van der Waals surface area contributed by atoms with Crippen molar-refractivity contribution in [2.45, 2.75) is 11.3 Å². The number of rotatable bonds is 5. The van der Waals surface area contributed by atoms with Gasteiger partial charge in [-0.2, -0.15) is 4.99 Å². The van der Waals surface area contributed by atoms with E-state index in [0.29, 0.717) is 15.7 Å². The molecule has 2 saturated heterocycles. The number of thioether (sulfide) groups is 1. The molecule has 27 heavy (non-hydrogen) atoms. The minimum atomic E-state index is -3.23. The topological polar surface area (TPSA) is 113 Å². The summed E-state index contributed by atoms with van der Waals surface area (Å²) >= 11 is 13.7. The van der Waals surface area contributed by atoms with Gasteiger partial charge in [0.15, 0.2) is 15.0 Å². The number of ether oxygens (including phenoxy) is 1. The molecule has 0 unspecified atom stereocenters. The van der Waals surface area contributed by atoms with E-state index in [1.807, 2.05) is 0 Å². The van der Waals surface area contributed by atoms with E-state index in [0.717, 1.165) is 11.8 Å². The van der Waals surface area contributed by atoms with Crippen molar-refractivity contribution in [2.75, 3.05) is 29.6 Å². The van der Waals surface area contributed by atoms with Crippen LogP contribution >= 0.6 is 35.0 Å². The highest BCUT2D eigenvalue weighted by Crippen LogP contribution is 2.45. The largest absolute Gasteiger partial charge is 0.480 e. The van der Waals surface area contributed by atoms with E-state index in [1.54, 1.807) is 23.1 Å². The molecule has 8 nitrogen and oxygen atoms in total. The Kier molecular flexibility index (Phi) is 6.02. The van der Waals surface area contributed by atoms with E-state index in [4.69, 9.17) is 33.0 Å². The zero-order chi connectivity index (χ0) is 19.8. The molecule has 1 amide bonds. The number of anilines is 1. The molecule has 0 spiro atoms. The summed E-state index contributed by atoms with van der Waals surface area (Å²) < 4.78 is 28.8. The van der Waals surface area contributed by atoms with Crippen molar-refractivity contribution in [3.05, 3.63) is 28.2 Å². The quantitative estimate of drug-likeness (QED) is 0.717. The number of halogens is 2. The summed E-state index contributed by atoms with van der Waals surface area (Å²) in [6.07, 6.45) is 0. The molecule has 2 aliphatic rings. The molecule has 2 heterocycles. The fourth-order valence-electron chi connectivity index (χ4n) is 2.91. The van der Waals surface area contributed by atoms with Crippen molar-refractivity contribution in [1.29, 1.82) is 0 Å². The number of benzene rings is 1. The molecular formula is C15H14Cl2N2O6S2. The van der Waals surface area contributed by atoms with Crippen LogP contribution in [-0.2, 0) is 24.2 Å². The number of carboxylic acids is 1. The first-order chi connectivity index (χ1) is 12.7. The SMILES string of the molecule is O=C(O)COCC(=O)N=C1S[C@H]2CS(=O)(=O)C[C@H]2N1c1c(Cl)cccc1Cl. The molecule has 2 aliphatic heterocycles. The summed E-state index contributed by atoms with van der Waals surface area (Å²) in [5, 5.41) is 9.10. The maximum Gasteiger partial charge on any atom is 0.329 e. The van der Waals surface area contributed by atoms with Crippen LogP contribution in [0.15, 0.2) is 23.2 Å². The number of carbonyl (C=O) groups is 2. The molecule has 2 fully saturated rings. The number of aliphatic carboxylic acids is 1. The number of hydrogen-bond donors (Lipinski definition) is 1. The van der Waals surface area contributed by atoms with Crippen LogP contribution in [0.5, 0.6) is 0 Å². The molecule has 0 bridgehead atoms. The van der Waals surface area contributed by atoms with Gasteiger partial charge < -0.3 is 14.7 Å².